The molecule has 342 valence electrons. The van der Waals surface area contributed by atoms with Gasteiger partial charge in [0.05, 0.1) is 33.0 Å². The third kappa shape index (κ3) is 10.6. The van der Waals surface area contributed by atoms with Gasteiger partial charge >= 0.3 is 0 Å². The van der Waals surface area contributed by atoms with Crippen molar-refractivity contribution in [2.75, 3.05) is 33.0 Å². The molecule has 0 radical (unpaired) electrons. The van der Waals surface area contributed by atoms with E-state index in [1.807, 2.05) is 0 Å². The van der Waals surface area contributed by atoms with Gasteiger partial charge in [-0.05, 0) is 135 Å². The van der Waals surface area contributed by atoms with E-state index in [-0.39, 0.29) is 0 Å². The Morgan fingerprint density at radius 3 is 1.23 bits per heavy atom. The van der Waals surface area contributed by atoms with Gasteiger partial charge in [-0.3, -0.25) is 0 Å². The summed E-state index contributed by atoms with van der Waals surface area (Å²) >= 11 is 0. The van der Waals surface area contributed by atoms with Crippen molar-refractivity contribution in [3.05, 3.63) is 84.9 Å². The first-order valence-corrected chi connectivity index (χ1v) is 25.0. The number of hydrogen-bond acceptors (Lipinski definition) is 7. The number of unbranched alkanes of at least 4 members (excludes halogenated alkanes) is 10. The second-order valence-corrected chi connectivity index (χ2v) is 17.7. The van der Waals surface area contributed by atoms with Gasteiger partial charge in [-0.25, -0.2) is 4.98 Å². The Kier molecular flexibility index (Phi) is 15.9. The van der Waals surface area contributed by atoms with Crippen LogP contribution in [-0.4, -0.2) is 38.0 Å². The summed E-state index contributed by atoms with van der Waals surface area (Å²) in [5, 5.41) is 10.9. The molecule has 8 rings (SSSR count). The van der Waals surface area contributed by atoms with Gasteiger partial charge in [-0.1, -0.05) is 129 Å². The SMILES string of the molecule is CCCCCOc1cc2c3cc(OCCCCC)c(OCCCCC)cc3c3c(cc(OCCCCC)c4oc(-c5ccc6cc7ccccc7cc6c5)nc43)c2cc1OCCCCC. The van der Waals surface area contributed by atoms with Crippen LogP contribution in [0.25, 0.3) is 76.4 Å². The summed E-state index contributed by atoms with van der Waals surface area (Å²) in [7, 11) is 0. The topological polar surface area (TPSA) is 72.2 Å². The first-order chi connectivity index (χ1) is 32.0. The first kappa shape index (κ1) is 45.9. The highest BCUT2D eigenvalue weighted by molar-refractivity contribution is 6.32. The zero-order valence-corrected chi connectivity index (χ0v) is 39.6. The molecular formula is C58H69NO6. The molecule has 0 amide bonds. The Bertz CT molecular complexity index is 2790. The van der Waals surface area contributed by atoms with Crippen LogP contribution >= 0.6 is 0 Å². The Morgan fingerprint density at radius 2 is 0.769 bits per heavy atom. The minimum atomic E-state index is 0.553. The number of oxazole rings is 1. The summed E-state index contributed by atoms with van der Waals surface area (Å²) in [4.78, 5) is 5.44. The molecule has 1 aromatic heterocycles. The monoisotopic (exact) mass is 876 g/mol. The lowest BCUT2D eigenvalue weighted by atomic mass is 9.92. The van der Waals surface area contributed by atoms with Crippen LogP contribution in [0.2, 0.25) is 0 Å². The maximum Gasteiger partial charge on any atom is 0.227 e. The van der Waals surface area contributed by atoms with E-state index in [4.69, 9.17) is 33.1 Å². The largest absolute Gasteiger partial charge is 0.490 e. The van der Waals surface area contributed by atoms with Crippen LogP contribution < -0.4 is 23.7 Å². The van der Waals surface area contributed by atoms with Gasteiger partial charge in [0.15, 0.2) is 34.3 Å². The number of nitrogens with zero attached hydrogens (tertiary/aromatic N) is 1. The Morgan fingerprint density at radius 1 is 0.385 bits per heavy atom. The molecule has 0 bridgehead atoms. The normalized spacial score (nSPS) is 11.8. The zero-order chi connectivity index (χ0) is 45.0. The molecule has 0 atom stereocenters. The smallest absolute Gasteiger partial charge is 0.227 e. The predicted octanol–water partition coefficient (Wildman–Crippen LogP) is 17.1. The van der Waals surface area contributed by atoms with Crippen molar-refractivity contribution in [3.63, 3.8) is 0 Å². The van der Waals surface area contributed by atoms with Gasteiger partial charge in [0, 0.05) is 10.9 Å². The Hall–Kier alpha value is -5.69. The van der Waals surface area contributed by atoms with E-state index in [1.54, 1.807) is 0 Å². The summed E-state index contributed by atoms with van der Waals surface area (Å²) in [6.07, 6.45) is 16.0. The molecule has 0 fully saturated rings. The highest BCUT2D eigenvalue weighted by Gasteiger charge is 2.24. The van der Waals surface area contributed by atoms with E-state index in [1.165, 1.54) is 16.2 Å². The molecule has 0 saturated carbocycles. The van der Waals surface area contributed by atoms with Crippen LogP contribution in [0.5, 0.6) is 28.7 Å². The van der Waals surface area contributed by atoms with Crippen LogP contribution in [-0.2, 0) is 0 Å². The minimum absolute atomic E-state index is 0.553. The molecule has 7 heteroatoms. The van der Waals surface area contributed by atoms with Gasteiger partial charge in [-0.2, -0.15) is 0 Å². The summed E-state index contributed by atoms with van der Waals surface area (Å²) in [5.74, 6) is 4.27. The van der Waals surface area contributed by atoms with Gasteiger partial charge in [0.25, 0.3) is 0 Å². The van der Waals surface area contributed by atoms with Crippen LogP contribution in [0.15, 0.2) is 89.3 Å². The van der Waals surface area contributed by atoms with Crippen molar-refractivity contribution in [2.24, 2.45) is 0 Å². The number of hydrogen-bond donors (Lipinski definition) is 0. The molecule has 0 aliphatic rings. The molecule has 8 aromatic rings. The van der Waals surface area contributed by atoms with Gasteiger partial charge in [-0.15, -0.1) is 0 Å². The molecule has 0 saturated heterocycles. The molecule has 0 N–H and O–H groups in total. The maximum atomic E-state index is 6.92. The second kappa shape index (κ2) is 22.5. The van der Waals surface area contributed by atoms with E-state index in [2.05, 4.69) is 120 Å². The van der Waals surface area contributed by atoms with Crippen LogP contribution in [0, 0.1) is 0 Å². The van der Waals surface area contributed by atoms with Crippen LogP contribution in [0.3, 0.4) is 0 Å². The summed E-state index contributed by atoms with van der Waals surface area (Å²) < 4.78 is 40.2. The van der Waals surface area contributed by atoms with Crippen LogP contribution in [0.4, 0.5) is 0 Å². The average Bonchev–Trinajstić information content (AvgIpc) is 3.78. The summed E-state index contributed by atoms with van der Waals surface area (Å²) in [6, 6.07) is 30.4. The van der Waals surface area contributed by atoms with Crippen molar-refractivity contribution < 1.29 is 28.1 Å². The molecule has 7 nitrogen and oxygen atoms in total. The molecule has 0 aliphatic heterocycles. The quantitative estimate of drug-likeness (QED) is 0.0305. The highest BCUT2D eigenvalue weighted by Crippen LogP contribution is 2.49. The van der Waals surface area contributed by atoms with E-state index in [0.29, 0.717) is 50.3 Å². The number of rotatable bonds is 26. The average molecular weight is 876 g/mol. The van der Waals surface area contributed by atoms with E-state index in [9.17, 15) is 0 Å². The molecule has 0 aliphatic carbocycles. The van der Waals surface area contributed by atoms with Crippen molar-refractivity contribution >= 4 is 65.0 Å². The second-order valence-electron chi connectivity index (χ2n) is 17.7. The van der Waals surface area contributed by atoms with Crippen molar-refractivity contribution in [1.82, 2.24) is 4.98 Å². The van der Waals surface area contributed by atoms with E-state index in [0.717, 1.165) is 168 Å². The highest BCUT2D eigenvalue weighted by atomic mass is 16.5. The fraction of sp³-hybridized carbons (Fsp3) is 0.431. The molecule has 0 unspecified atom stereocenters. The lowest BCUT2D eigenvalue weighted by Gasteiger charge is -2.20. The van der Waals surface area contributed by atoms with Crippen LogP contribution in [0.1, 0.15) is 131 Å². The van der Waals surface area contributed by atoms with Gasteiger partial charge in [0.1, 0.15) is 5.52 Å². The minimum Gasteiger partial charge on any atom is -0.490 e. The lowest BCUT2D eigenvalue weighted by molar-refractivity contribution is 0.260. The molecule has 0 spiro atoms. The fourth-order valence-corrected chi connectivity index (χ4v) is 8.96. The lowest BCUT2D eigenvalue weighted by Crippen LogP contribution is -2.04. The maximum absolute atomic E-state index is 6.92. The standard InChI is InChI=1S/C58H69NO6/c1-6-11-18-27-60-50-35-45-46-36-52(62-29-20-13-8-3)53(63-30-21-14-9-4)38-48(46)55-49(47(45)37-51(50)61-28-19-12-7-2)39-54(64-31-22-15-10-5)57-56(55)59-58(65-57)43-26-25-42-32-40-23-16-17-24-41(40)33-44(42)34-43/h16-17,23-26,32-39H,6-15,18-22,27-31H2,1-5H3. The van der Waals surface area contributed by atoms with Crippen molar-refractivity contribution in [1.29, 1.82) is 0 Å². The Balaban J connectivity index is 1.40. The van der Waals surface area contributed by atoms with Gasteiger partial charge in [0.2, 0.25) is 5.89 Å². The van der Waals surface area contributed by atoms with E-state index < -0.39 is 0 Å². The summed E-state index contributed by atoms with van der Waals surface area (Å²) in [5.41, 5.74) is 2.31. The number of fused-ring (bicyclic) bond motifs is 10. The van der Waals surface area contributed by atoms with E-state index >= 15 is 0 Å². The van der Waals surface area contributed by atoms with Gasteiger partial charge < -0.3 is 28.1 Å². The number of benzene rings is 7. The number of aromatic nitrogens is 1. The third-order valence-corrected chi connectivity index (χ3v) is 12.6. The fourth-order valence-electron chi connectivity index (χ4n) is 8.96. The molecule has 1 heterocycles. The predicted molar refractivity (Wildman–Crippen MR) is 272 cm³/mol. The Labute approximate surface area is 385 Å². The molecule has 7 aromatic carbocycles. The van der Waals surface area contributed by atoms with Crippen molar-refractivity contribution in [3.8, 4) is 40.2 Å². The first-order valence-electron chi connectivity index (χ1n) is 25.0. The third-order valence-electron chi connectivity index (χ3n) is 12.6. The van der Waals surface area contributed by atoms with Crippen molar-refractivity contribution in [2.45, 2.75) is 131 Å². The zero-order valence-electron chi connectivity index (χ0n) is 39.6. The molecule has 65 heavy (non-hydrogen) atoms. The number of ether oxygens (including phenoxy) is 5. The summed E-state index contributed by atoms with van der Waals surface area (Å²) in [6.45, 7) is 14.2. The molecular weight excluding hydrogens is 807 g/mol.